The topological polar surface area (TPSA) is 47.7 Å². The third kappa shape index (κ3) is 2.07. The van der Waals surface area contributed by atoms with Crippen LogP contribution < -0.4 is 20.1 Å². The van der Waals surface area contributed by atoms with E-state index in [-0.39, 0.29) is 0 Å². The first-order valence-corrected chi connectivity index (χ1v) is 5.58. The van der Waals surface area contributed by atoms with Crippen molar-refractivity contribution in [3.8, 4) is 11.5 Å². The Hall–Kier alpha value is -1.42. The van der Waals surface area contributed by atoms with Crippen LogP contribution in [0.4, 0.5) is 5.69 Å². The van der Waals surface area contributed by atoms with Gasteiger partial charge in [-0.15, -0.1) is 0 Å². The van der Waals surface area contributed by atoms with E-state index < -0.39 is 0 Å². The molecule has 1 heterocycles. The van der Waals surface area contributed by atoms with Crippen LogP contribution in [0.3, 0.4) is 0 Å². The number of hydrogen-bond donors (Lipinski definition) is 1. The molecule has 0 aromatic heterocycles. The van der Waals surface area contributed by atoms with E-state index in [1.165, 1.54) is 0 Å². The summed E-state index contributed by atoms with van der Waals surface area (Å²) in [5.41, 5.74) is 6.75. The van der Waals surface area contributed by atoms with Crippen LogP contribution >= 0.6 is 0 Å². The summed E-state index contributed by atoms with van der Waals surface area (Å²) in [5.74, 6) is 1.64. The van der Waals surface area contributed by atoms with Crippen molar-refractivity contribution < 1.29 is 9.47 Å². The van der Waals surface area contributed by atoms with Crippen molar-refractivity contribution >= 4 is 5.69 Å². The van der Waals surface area contributed by atoms with Crippen LogP contribution in [-0.2, 0) is 0 Å². The van der Waals surface area contributed by atoms with Crippen LogP contribution in [0.15, 0.2) is 18.2 Å². The molecular weight excluding hydrogens is 204 g/mol. The number of hydrogen-bond acceptors (Lipinski definition) is 4. The molecular formula is C12H18N2O2. The van der Waals surface area contributed by atoms with Gasteiger partial charge in [0.25, 0.3) is 0 Å². The van der Waals surface area contributed by atoms with Gasteiger partial charge in [0, 0.05) is 30.9 Å². The molecule has 0 saturated heterocycles. The highest BCUT2D eigenvalue weighted by Gasteiger charge is 2.16. The van der Waals surface area contributed by atoms with Crippen LogP contribution in [0.25, 0.3) is 0 Å². The summed E-state index contributed by atoms with van der Waals surface area (Å²) in [7, 11) is 0. The summed E-state index contributed by atoms with van der Waals surface area (Å²) >= 11 is 0. The summed E-state index contributed by atoms with van der Waals surface area (Å²) in [5, 5.41) is 0. The summed E-state index contributed by atoms with van der Waals surface area (Å²) in [6.45, 7) is 6.11. The molecule has 0 spiro atoms. The minimum atomic E-state index is 0.317. The third-order valence-electron chi connectivity index (χ3n) is 2.68. The molecule has 0 fully saturated rings. The van der Waals surface area contributed by atoms with Crippen molar-refractivity contribution in [2.75, 3.05) is 24.8 Å². The lowest BCUT2D eigenvalue weighted by atomic mass is 10.2. The van der Waals surface area contributed by atoms with Crippen molar-refractivity contribution in [1.82, 2.24) is 0 Å². The molecule has 4 heteroatoms. The fourth-order valence-electron chi connectivity index (χ4n) is 1.89. The van der Waals surface area contributed by atoms with Gasteiger partial charge in [0.15, 0.2) is 11.5 Å². The van der Waals surface area contributed by atoms with Crippen LogP contribution in [-0.4, -0.2) is 25.9 Å². The zero-order valence-corrected chi connectivity index (χ0v) is 9.77. The van der Waals surface area contributed by atoms with Crippen LogP contribution in [0.2, 0.25) is 0 Å². The Kier molecular flexibility index (Phi) is 3.19. The Balaban J connectivity index is 2.24. The highest BCUT2D eigenvalue weighted by atomic mass is 16.7. The SMILES string of the molecule is CC(C)N(CCN)c1ccc2c(c1)OCO2. The predicted molar refractivity (Wildman–Crippen MR) is 64.1 cm³/mol. The maximum absolute atomic E-state index is 5.62. The third-order valence-corrected chi connectivity index (χ3v) is 2.68. The second kappa shape index (κ2) is 4.61. The van der Waals surface area contributed by atoms with Gasteiger partial charge in [0.1, 0.15) is 0 Å². The van der Waals surface area contributed by atoms with Crippen molar-refractivity contribution in [2.45, 2.75) is 19.9 Å². The Labute approximate surface area is 95.9 Å². The molecule has 16 heavy (non-hydrogen) atoms. The van der Waals surface area contributed by atoms with Gasteiger partial charge >= 0.3 is 0 Å². The number of nitrogens with two attached hydrogens (primary N) is 1. The molecule has 1 aliphatic rings. The quantitative estimate of drug-likeness (QED) is 0.840. The van der Waals surface area contributed by atoms with E-state index in [1.54, 1.807) is 0 Å². The summed E-state index contributed by atoms with van der Waals surface area (Å²) in [4.78, 5) is 2.25. The number of anilines is 1. The molecule has 0 unspecified atom stereocenters. The molecule has 1 aromatic rings. The molecule has 0 saturated carbocycles. The molecule has 1 aromatic carbocycles. The van der Waals surface area contributed by atoms with Crippen molar-refractivity contribution in [3.05, 3.63) is 18.2 Å². The van der Waals surface area contributed by atoms with Gasteiger partial charge in [-0.1, -0.05) is 0 Å². The van der Waals surface area contributed by atoms with Crippen molar-refractivity contribution in [3.63, 3.8) is 0 Å². The molecule has 0 aliphatic carbocycles. The zero-order valence-electron chi connectivity index (χ0n) is 9.77. The Morgan fingerprint density at radius 1 is 1.31 bits per heavy atom. The number of benzene rings is 1. The highest BCUT2D eigenvalue weighted by Crippen LogP contribution is 2.35. The Morgan fingerprint density at radius 3 is 2.75 bits per heavy atom. The first-order chi connectivity index (χ1) is 7.72. The minimum absolute atomic E-state index is 0.317. The lowest BCUT2D eigenvalue weighted by Crippen LogP contribution is -2.35. The first-order valence-electron chi connectivity index (χ1n) is 5.58. The second-order valence-electron chi connectivity index (χ2n) is 4.11. The number of rotatable bonds is 4. The van der Waals surface area contributed by atoms with E-state index >= 15 is 0 Å². The molecule has 0 bridgehead atoms. The van der Waals surface area contributed by atoms with Crippen molar-refractivity contribution in [2.24, 2.45) is 5.73 Å². The molecule has 0 atom stereocenters. The summed E-state index contributed by atoms with van der Waals surface area (Å²) < 4.78 is 10.7. The molecule has 1 aliphatic heterocycles. The van der Waals surface area contributed by atoms with Gasteiger partial charge in [0.05, 0.1) is 0 Å². The lowest BCUT2D eigenvalue weighted by molar-refractivity contribution is 0.174. The number of nitrogens with zero attached hydrogens (tertiary/aromatic N) is 1. The lowest BCUT2D eigenvalue weighted by Gasteiger charge is -2.28. The van der Waals surface area contributed by atoms with E-state index in [9.17, 15) is 0 Å². The second-order valence-corrected chi connectivity index (χ2v) is 4.11. The first kappa shape index (κ1) is 11.1. The zero-order chi connectivity index (χ0) is 11.5. The smallest absolute Gasteiger partial charge is 0.231 e. The Bertz CT molecular complexity index is 366. The van der Waals surface area contributed by atoms with Gasteiger partial charge in [-0.25, -0.2) is 0 Å². The van der Waals surface area contributed by atoms with Crippen molar-refractivity contribution in [1.29, 1.82) is 0 Å². The summed E-state index contributed by atoms with van der Waals surface area (Å²) in [6.07, 6.45) is 0. The standard InChI is InChI=1S/C12H18N2O2/c1-9(2)14(6-5-13)10-3-4-11-12(7-10)16-8-15-11/h3-4,7,9H,5-6,8,13H2,1-2H3. The normalized spacial score (nSPS) is 13.2. The monoisotopic (exact) mass is 222 g/mol. The van der Waals surface area contributed by atoms with E-state index in [1.807, 2.05) is 18.2 Å². The van der Waals surface area contributed by atoms with Crippen LogP contribution in [0.5, 0.6) is 11.5 Å². The van der Waals surface area contributed by atoms with Crippen LogP contribution in [0, 0.1) is 0 Å². The van der Waals surface area contributed by atoms with E-state index in [4.69, 9.17) is 15.2 Å². The molecule has 2 N–H and O–H groups in total. The van der Waals surface area contributed by atoms with Gasteiger partial charge in [-0.05, 0) is 26.0 Å². The highest BCUT2D eigenvalue weighted by molar-refractivity contribution is 5.57. The predicted octanol–water partition coefficient (Wildman–Crippen LogP) is 1.59. The maximum atomic E-state index is 5.62. The number of ether oxygens (including phenoxy) is 2. The fourth-order valence-corrected chi connectivity index (χ4v) is 1.89. The largest absolute Gasteiger partial charge is 0.454 e. The molecule has 0 amide bonds. The average Bonchev–Trinajstić information content (AvgIpc) is 2.72. The number of fused-ring (bicyclic) bond motifs is 1. The maximum Gasteiger partial charge on any atom is 0.231 e. The van der Waals surface area contributed by atoms with E-state index in [2.05, 4.69) is 18.7 Å². The van der Waals surface area contributed by atoms with Gasteiger partial charge < -0.3 is 20.1 Å². The Morgan fingerprint density at radius 2 is 2.06 bits per heavy atom. The fraction of sp³-hybridized carbons (Fsp3) is 0.500. The van der Waals surface area contributed by atoms with Crippen LogP contribution in [0.1, 0.15) is 13.8 Å². The van der Waals surface area contributed by atoms with E-state index in [0.717, 1.165) is 23.7 Å². The van der Waals surface area contributed by atoms with Gasteiger partial charge in [-0.2, -0.15) is 0 Å². The molecule has 2 rings (SSSR count). The van der Waals surface area contributed by atoms with Gasteiger partial charge in [-0.3, -0.25) is 0 Å². The minimum Gasteiger partial charge on any atom is -0.454 e. The average molecular weight is 222 g/mol. The molecule has 4 nitrogen and oxygen atoms in total. The molecule has 0 radical (unpaired) electrons. The molecule has 88 valence electrons. The van der Waals surface area contributed by atoms with Gasteiger partial charge in [0.2, 0.25) is 6.79 Å². The van der Waals surface area contributed by atoms with E-state index in [0.29, 0.717) is 19.4 Å². The summed E-state index contributed by atoms with van der Waals surface area (Å²) in [6, 6.07) is 6.42.